The van der Waals surface area contributed by atoms with E-state index in [2.05, 4.69) is 20.8 Å². The van der Waals surface area contributed by atoms with E-state index in [0.717, 1.165) is 50.3 Å². The molecule has 0 aliphatic carbocycles. The van der Waals surface area contributed by atoms with E-state index in [1.54, 1.807) is 10.6 Å². The first kappa shape index (κ1) is 13.6. The highest BCUT2D eigenvalue weighted by atomic mass is 79.9. The molecule has 0 bridgehead atoms. The number of ether oxygens (including phenoxy) is 1. The van der Waals surface area contributed by atoms with Crippen molar-refractivity contribution in [2.45, 2.75) is 13.0 Å². The number of carbonyl (C=O) groups is 1. The van der Waals surface area contributed by atoms with Gasteiger partial charge in [-0.05, 0) is 28.4 Å². The average Bonchev–Trinajstić information content (AvgIpc) is 2.72. The quantitative estimate of drug-likeness (QED) is 0.898. The van der Waals surface area contributed by atoms with Gasteiger partial charge in [0.25, 0.3) is 0 Å². The number of aromatic nitrogens is 1. The second kappa shape index (κ2) is 6.36. The van der Waals surface area contributed by atoms with Gasteiger partial charge in [0.2, 0.25) is 0 Å². The van der Waals surface area contributed by atoms with Crippen molar-refractivity contribution in [3.63, 3.8) is 0 Å². The predicted molar refractivity (Wildman–Crippen MR) is 71.0 cm³/mol. The van der Waals surface area contributed by atoms with Gasteiger partial charge in [0.1, 0.15) is 5.69 Å². The van der Waals surface area contributed by atoms with Crippen LogP contribution in [0.5, 0.6) is 0 Å². The van der Waals surface area contributed by atoms with Gasteiger partial charge in [0.05, 0.1) is 13.2 Å². The SMILES string of the molecule is O=C(O)c1cc(Br)cn1CCCN1CCOCC1. The zero-order valence-electron chi connectivity index (χ0n) is 10.1. The van der Waals surface area contributed by atoms with Gasteiger partial charge in [-0.15, -0.1) is 0 Å². The topological polar surface area (TPSA) is 54.7 Å². The van der Waals surface area contributed by atoms with Crippen molar-refractivity contribution in [1.29, 1.82) is 0 Å². The fourth-order valence-corrected chi connectivity index (χ4v) is 2.59. The summed E-state index contributed by atoms with van der Waals surface area (Å²) in [6.07, 6.45) is 2.77. The molecular formula is C12H17BrN2O3. The lowest BCUT2D eigenvalue weighted by molar-refractivity contribution is 0.0369. The third-order valence-corrected chi connectivity index (χ3v) is 3.49. The van der Waals surface area contributed by atoms with Crippen molar-refractivity contribution in [2.75, 3.05) is 32.8 Å². The number of morpholine rings is 1. The van der Waals surface area contributed by atoms with Crippen LogP contribution in [-0.4, -0.2) is 53.4 Å². The Morgan fingerprint density at radius 2 is 2.11 bits per heavy atom. The lowest BCUT2D eigenvalue weighted by Crippen LogP contribution is -2.37. The average molecular weight is 317 g/mol. The Balaban J connectivity index is 1.84. The standard InChI is InChI=1S/C12H17BrN2O3/c13-10-8-11(12(16)17)15(9-10)3-1-2-14-4-6-18-7-5-14/h8-9H,1-7H2,(H,16,17). The molecule has 2 heterocycles. The molecular weight excluding hydrogens is 300 g/mol. The van der Waals surface area contributed by atoms with E-state index in [0.29, 0.717) is 5.69 Å². The Hall–Kier alpha value is -0.850. The van der Waals surface area contributed by atoms with Gasteiger partial charge in [-0.2, -0.15) is 0 Å². The second-order valence-electron chi connectivity index (χ2n) is 4.35. The minimum Gasteiger partial charge on any atom is -0.477 e. The van der Waals surface area contributed by atoms with E-state index in [4.69, 9.17) is 9.84 Å². The summed E-state index contributed by atoms with van der Waals surface area (Å²) in [5, 5.41) is 9.06. The normalized spacial score (nSPS) is 16.9. The Labute approximate surface area is 114 Å². The van der Waals surface area contributed by atoms with Crippen LogP contribution in [0.15, 0.2) is 16.7 Å². The highest BCUT2D eigenvalue weighted by molar-refractivity contribution is 9.10. The predicted octanol–water partition coefficient (Wildman–Crippen LogP) is 1.67. The first-order chi connectivity index (χ1) is 8.66. The third-order valence-electron chi connectivity index (χ3n) is 3.06. The summed E-state index contributed by atoms with van der Waals surface area (Å²) in [6.45, 7) is 5.26. The number of hydrogen-bond acceptors (Lipinski definition) is 3. The number of aryl methyl sites for hydroxylation is 1. The molecule has 18 heavy (non-hydrogen) atoms. The molecule has 0 aromatic carbocycles. The first-order valence-electron chi connectivity index (χ1n) is 6.06. The minimum absolute atomic E-state index is 0.337. The maximum absolute atomic E-state index is 11.0. The zero-order chi connectivity index (χ0) is 13.0. The number of aromatic carboxylic acids is 1. The van der Waals surface area contributed by atoms with E-state index < -0.39 is 5.97 Å². The Kier molecular flexibility index (Phi) is 4.79. The molecule has 0 radical (unpaired) electrons. The highest BCUT2D eigenvalue weighted by Crippen LogP contribution is 2.15. The van der Waals surface area contributed by atoms with E-state index in [9.17, 15) is 4.79 Å². The lowest BCUT2D eigenvalue weighted by Gasteiger charge is -2.26. The van der Waals surface area contributed by atoms with Crippen molar-refractivity contribution >= 4 is 21.9 Å². The van der Waals surface area contributed by atoms with E-state index >= 15 is 0 Å². The smallest absolute Gasteiger partial charge is 0.352 e. The van der Waals surface area contributed by atoms with Crippen LogP contribution < -0.4 is 0 Å². The van der Waals surface area contributed by atoms with Gasteiger partial charge < -0.3 is 14.4 Å². The number of nitrogens with zero attached hydrogens (tertiary/aromatic N) is 2. The van der Waals surface area contributed by atoms with Crippen molar-refractivity contribution in [2.24, 2.45) is 0 Å². The molecule has 0 atom stereocenters. The van der Waals surface area contributed by atoms with Crippen molar-refractivity contribution in [3.05, 3.63) is 22.4 Å². The molecule has 1 fully saturated rings. The van der Waals surface area contributed by atoms with Gasteiger partial charge in [0.15, 0.2) is 0 Å². The molecule has 1 aliphatic rings. The summed E-state index contributed by atoms with van der Waals surface area (Å²) in [4.78, 5) is 13.4. The fourth-order valence-electron chi connectivity index (χ4n) is 2.13. The Bertz CT molecular complexity index is 413. The second-order valence-corrected chi connectivity index (χ2v) is 5.27. The van der Waals surface area contributed by atoms with Crippen LogP contribution in [0, 0.1) is 0 Å². The molecule has 0 saturated carbocycles. The Morgan fingerprint density at radius 1 is 1.39 bits per heavy atom. The number of carboxylic acids is 1. The number of rotatable bonds is 5. The molecule has 1 N–H and O–H groups in total. The van der Waals surface area contributed by atoms with Crippen molar-refractivity contribution in [3.8, 4) is 0 Å². The highest BCUT2D eigenvalue weighted by Gasteiger charge is 2.13. The summed E-state index contributed by atoms with van der Waals surface area (Å²) >= 11 is 3.31. The number of halogens is 1. The summed E-state index contributed by atoms with van der Waals surface area (Å²) in [5.74, 6) is -0.882. The van der Waals surface area contributed by atoms with Crippen LogP contribution in [0.3, 0.4) is 0 Å². The lowest BCUT2D eigenvalue weighted by atomic mass is 10.3. The van der Waals surface area contributed by atoms with Crippen LogP contribution in [0.4, 0.5) is 0 Å². The molecule has 100 valence electrons. The number of carboxylic acid groups (broad SMARTS) is 1. The van der Waals surface area contributed by atoms with Gasteiger partial charge >= 0.3 is 5.97 Å². The van der Waals surface area contributed by atoms with Gasteiger partial charge in [-0.25, -0.2) is 4.79 Å². The van der Waals surface area contributed by atoms with Crippen molar-refractivity contribution < 1.29 is 14.6 Å². The molecule has 2 rings (SSSR count). The maximum atomic E-state index is 11.0. The molecule has 0 amide bonds. The summed E-state index contributed by atoms with van der Waals surface area (Å²) < 4.78 is 7.88. The molecule has 1 aliphatic heterocycles. The van der Waals surface area contributed by atoms with E-state index in [-0.39, 0.29) is 0 Å². The van der Waals surface area contributed by atoms with Crippen LogP contribution in [0.2, 0.25) is 0 Å². The molecule has 0 unspecified atom stereocenters. The minimum atomic E-state index is -0.882. The third kappa shape index (κ3) is 3.57. The molecule has 0 spiro atoms. The van der Waals surface area contributed by atoms with Crippen LogP contribution in [0.1, 0.15) is 16.9 Å². The van der Waals surface area contributed by atoms with Gasteiger partial charge in [-0.1, -0.05) is 0 Å². The van der Waals surface area contributed by atoms with Crippen LogP contribution in [0.25, 0.3) is 0 Å². The van der Waals surface area contributed by atoms with E-state index in [1.165, 1.54) is 0 Å². The summed E-state index contributed by atoms with van der Waals surface area (Å²) in [6, 6.07) is 1.64. The summed E-state index contributed by atoms with van der Waals surface area (Å²) in [5.41, 5.74) is 0.337. The van der Waals surface area contributed by atoms with E-state index in [1.807, 2.05) is 6.20 Å². The number of hydrogen-bond donors (Lipinski definition) is 1. The molecule has 1 saturated heterocycles. The molecule has 1 aromatic rings. The summed E-state index contributed by atoms with van der Waals surface area (Å²) in [7, 11) is 0. The monoisotopic (exact) mass is 316 g/mol. The molecule has 5 nitrogen and oxygen atoms in total. The first-order valence-corrected chi connectivity index (χ1v) is 6.85. The van der Waals surface area contributed by atoms with Crippen LogP contribution in [-0.2, 0) is 11.3 Å². The molecule has 1 aromatic heterocycles. The Morgan fingerprint density at radius 3 is 2.78 bits per heavy atom. The fraction of sp³-hybridized carbons (Fsp3) is 0.583. The van der Waals surface area contributed by atoms with Crippen LogP contribution >= 0.6 is 15.9 Å². The maximum Gasteiger partial charge on any atom is 0.352 e. The zero-order valence-corrected chi connectivity index (χ0v) is 11.7. The molecule has 6 heteroatoms. The van der Waals surface area contributed by atoms with Crippen molar-refractivity contribution in [1.82, 2.24) is 9.47 Å². The van der Waals surface area contributed by atoms with Gasteiger partial charge in [0, 0.05) is 36.8 Å². The largest absolute Gasteiger partial charge is 0.477 e. The van der Waals surface area contributed by atoms with Gasteiger partial charge in [-0.3, -0.25) is 4.90 Å².